The minimum Gasteiger partial charge on any atom is -0.481 e. The number of carboxylic acid groups (broad SMARTS) is 1. The highest BCUT2D eigenvalue weighted by Gasteiger charge is 2.35. The Hall–Kier alpha value is -2.18. The molecule has 1 amide bonds. The van der Waals surface area contributed by atoms with E-state index in [0.29, 0.717) is 12.8 Å². The zero-order chi connectivity index (χ0) is 17.6. The van der Waals surface area contributed by atoms with E-state index in [0.717, 1.165) is 12.1 Å². The molecule has 0 saturated carbocycles. The molecule has 1 aromatic rings. The number of carbonyl (C=O) groups excluding carboxylic acids is 1. The predicted octanol–water partition coefficient (Wildman–Crippen LogP) is 2.74. The summed E-state index contributed by atoms with van der Waals surface area (Å²) in [6.45, 7) is 4.90. The molecule has 0 spiro atoms. The zero-order valence-electron chi connectivity index (χ0n) is 13.4. The molecular weight excluding hydrogens is 308 g/mol. The van der Waals surface area contributed by atoms with Gasteiger partial charge in [0.2, 0.25) is 0 Å². The lowest BCUT2D eigenvalue weighted by Crippen LogP contribution is -2.46. The molecule has 7 heteroatoms. The Morgan fingerprint density at radius 2 is 1.87 bits per heavy atom. The molecular formula is C16H21F2NO4. The first-order valence-corrected chi connectivity index (χ1v) is 7.38. The second-order valence-electron chi connectivity index (χ2n) is 5.35. The Morgan fingerprint density at radius 1 is 1.26 bits per heavy atom. The van der Waals surface area contributed by atoms with Crippen molar-refractivity contribution < 1.29 is 28.2 Å². The van der Waals surface area contributed by atoms with Crippen molar-refractivity contribution in [3.8, 4) is 5.75 Å². The van der Waals surface area contributed by atoms with Gasteiger partial charge in [0, 0.05) is 12.6 Å². The highest BCUT2D eigenvalue weighted by molar-refractivity contribution is 5.82. The van der Waals surface area contributed by atoms with Gasteiger partial charge in [-0.25, -0.2) is 8.78 Å². The quantitative estimate of drug-likeness (QED) is 0.769. The fourth-order valence-corrected chi connectivity index (χ4v) is 2.09. The second kappa shape index (κ2) is 7.89. The molecule has 128 valence electrons. The smallest absolute Gasteiger partial charge is 0.311 e. The van der Waals surface area contributed by atoms with Crippen LogP contribution in [0.1, 0.15) is 33.6 Å². The van der Waals surface area contributed by atoms with Crippen LogP contribution in [-0.4, -0.2) is 29.6 Å². The maximum atomic E-state index is 13.1. The maximum Gasteiger partial charge on any atom is 0.311 e. The Bertz CT molecular complexity index is 573. The van der Waals surface area contributed by atoms with Crippen LogP contribution in [0.25, 0.3) is 0 Å². The molecule has 5 nitrogen and oxygen atoms in total. The summed E-state index contributed by atoms with van der Waals surface area (Å²) >= 11 is 0. The summed E-state index contributed by atoms with van der Waals surface area (Å²) in [6.07, 6.45) is -0.227. The van der Waals surface area contributed by atoms with Crippen molar-refractivity contribution in [2.24, 2.45) is 5.41 Å². The number of benzene rings is 1. The summed E-state index contributed by atoms with van der Waals surface area (Å²) in [5.74, 6) is -3.56. The zero-order valence-corrected chi connectivity index (χ0v) is 13.4. The van der Waals surface area contributed by atoms with Gasteiger partial charge >= 0.3 is 5.97 Å². The Kier molecular flexibility index (Phi) is 6.48. The Balaban J connectivity index is 2.66. The van der Waals surface area contributed by atoms with Crippen LogP contribution in [0.2, 0.25) is 0 Å². The lowest BCUT2D eigenvalue weighted by Gasteiger charge is -2.27. The van der Waals surface area contributed by atoms with Crippen LogP contribution in [0.3, 0.4) is 0 Å². The number of ether oxygens (including phenoxy) is 1. The van der Waals surface area contributed by atoms with Crippen LogP contribution in [0, 0.1) is 17.0 Å². The standard InChI is InChI=1S/C16H21F2NO4/c1-4-16(5-2,15(21)22)9-19-14(20)10(3)23-11-6-7-12(17)13(18)8-11/h6-8,10H,4-5,9H2,1-3H3,(H,19,20)(H,21,22). The fourth-order valence-electron chi connectivity index (χ4n) is 2.09. The first-order chi connectivity index (χ1) is 10.8. The van der Waals surface area contributed by atoms with E-state index in [1.54, 1.807) is 13.8 Å². The molecule has 0 aliphatic rings. The third kappa shape index (κ3) is 4.64. The van der Waals surface area contributed by atoms with Crippen LogP contribution in [0.15, 0.2) is 18.2 Å². The first kappa shape index (κ1) is 18.9. The number of carbonyl (C=O) groups is 2. The summed E-state index contributed by atoms with van der Waals surface area (Å²) < 4.78 is 31.2. The van der Waals surface area contributed by atoms with E-state index >= 15 is 0 Å². The van der Waals surface area contributed by atoms with Crippen molar-refractivity contribution in [1.29, 1.82) is 0 Å². The minimum absolute atomic E-state index is 0.0158. The van der Waals surface area contributed by atoms with Gasteiger partial charge in [-0.2, -0.15) is 0 Å². The molecule has 1 aromatic carbocycles. The fraction of sp³-hybridized carbons (Fsp3) is 0.500. The first-order valence-electron chi connectivity index (χ1n) is 7.38. The van der Waals surface area contributed by atoms with E-state index in [9.17, 15) is 23.5 Å². The van der Waals surface area contributed by atoms with Crippen molar-refractivity contribution in [1.82, 2.24) is 5.32 Å². The van der Waals surface area contributed by atoms with Gasteiger partial charge in [0.1, 0.15) is 5.75 Å². The van der Waals surface area contributed by atoms with Crippen LogP contribution >= 0.6 is 0 Å². The Labute approximate surface area is 133 Å². The van der Waals surface area contributed by atoms with Gasteiger partial charge in [-0.3, -0.25) is 9.59 Å². The lowest BCUT2D eigenvalue weighted by atomic mass is 9.82. The normalized spacial score (nSPS) is 12.6. The molecule has 0 radical (unpaired) electrons. The van der Waals surface area contributed by atoms with Crippen molar-refractivity contribution in [3.63, 3.8) is 0 Å². The van der Waals surface area contributed by atoms with Crippen molar-refractivity contribution in [2.45, 2.75) is 39.7 Å². The van der Waals surface area contributed by atoms with Crippen LogP contribution < -0.4 is 10.1 Å². The molecule has 0 aliphatic carbocycles. The van der Waals surface area contributed by atoms with E-state index in [-0.39, 0.29) is 12.3 Å². The average molecular weight is 329 g/mol. The summed E-state index contributed by atoms with van der Waals surface area (Å²) in [6, 6.07) is 2.96. The number of halogens is 2. The number of amides is 1. The maximum absolute atomic E-state index is 13.1. The number of rotatable bonds is 8. The second-order valence-corrected chi connectivity index (χ2v) is 5.35. The van der Waals surface area contributed by atoms with E-state index in [2.05, 4.69) is 5.32 Å². The minimum atomic E-state index is -1.07. The van der Waals surface area contributed by atoms with Crippen molar-refractivity contribution >= 4 is 11.9 Å². The molecule has 2 N–H and O–H groups in total. The van der Waals surface area contributed by atoms with Gasteiger partial charge in [-0.15, -0.1) is 0 Å². The molecule has 0 aromatic heterocycles. The van der Waals surface area contributed by atoms with E-state index in [1.165, 1.54) is 13.0 Å². The van der Waals surface area contributed by atoms with E-state index in [4.69, 9.17) is 4.74 Å². The molecule has 0 aliphatic heterocycles. The molecule has 0 fully saturated rings. The van der Waals surface area contributed by atoms with Gasteiger partial charge in [-0.05, 0) is 31.9 Å². The molecule has 0 heterocycles. The van der Waals surface area contributed by atoms with Gasteiger partial charge < -0.3 is 15.2 Å². The SMILES string of the molecule is CCC(CC)(CNC(=O)C(C)Oc1ccc(F)c(F)c1)C(=O)O. The van der Waals surface area contributed by atoms with E-state index < -0.39 is 35.0 Å². The third-order valence-electron chi connectivity index (χ3n) is 3.98. The van der Waals surface area contributed by atoms with Crippen LogP contribution in [-0.2, 0) is 9.59 Å². The number of nitrogens with one attached hydrogen (secondary N) is 1. The molecule has 0 bridgehead atoms. The van der Waals surface area contributed by atoms with Crippen LogP contribution in [0.4, 0.5) is 8.78 Å². The monoisotopic (exact) mass is 329 g/mol. The topological polar surface area (TPSA) is 75.6 Å². The number of aliphatic carboxylic acids is 1. The summed E-state index contributed by atoms with van der Waals surface area (Å²) in [7, 11) is 0. The summed E-state index contributed by atoms with van der Waals surface area (Å²) in [5, 5.41) is 11.8. The van der Waals surface area contributed by atoms with Crippen LogP contribution in [0.5, 0.6) is 5.75 Å². The lowest BCUT2D eigenvalue weighted by molar-refractivity contribution is -0.149. The molecule has 23 heavy (non-hydrogen) atoms. The largest absolute Gasteiger partial charge is 0.481 e. The number of hydrogen-bond donors (Lipinski definition) is 2. The average Bonchev–Trinajstić information content (AvgIpc) is 2.51. The Morgan fingerprint density at radius 3 is 2.35 bits per heavy atom. The van der Waals surface area contributed by atoms with Gasteiger partial charge in [0.05, 0.1) is 5.41 Å². The highest BCUT2D eigenvalue weighted by Crippen LogP contribution is 2.25. The molecule has 0 saturated heterocycles. The molecule has 1 rings (SSSR count). The number of carboxylic acids is 1. The van der Waals surface area contributed by atoms with Gasteiger partial charge in [0.15, 0.2) is 17.7 Å². The third-order valence-corrected chi connectivity index (χ3v) is 3.98. The summed E-state index contributed by atoms with van der Waals surface area (Å²) in [5.41, 5.74) is -1.03. The van der Waals surface area contributed by atoms with Crippen molar-refractivity contribution in [2.75, 3.05) is 6.54 Å². The number of hydrogen-bond acceptors (Lipinski definition) is 3. The predicted molar refractivity (Wildman–Crippen MR) is 80.1 cm³/mol. The van der Waals surface area contributed by atoms with Crippen molar-refractivity contribution in [3.05, 3.63) is 29.8 Å². The molecule has 1 unspecified atom stereocenters. The van der Waals surface area contributed by atoms with Gasteiger partial charge in [0.25, 0.3) is 5.91 Å². The van der Waals surface area contributed by atoms with Gasteiger partial charge in [-0.1, -0.05) is 13.8 Å². The molecule has 1 atom stereocenters. The highest BCUT2D eigenvalue weighted by atomic mass is 19.2. The summed E-state index contributed by atoms with van der Waals surface area (Å²) in [4.78, 5) is 23.4. The van der Waals surface area contributed by atoms with E-state index in [1.807, 2.05) is 0 Å².